The van der Waals surface area contributed by atoms with Crippen molar-refractivity contribution in [3.63, 3.8) is 0 Å². The Hall–Kier alpha value is -1.73. The molecule has 1 atom stereocenters. The van der Waals surface area contributed by atoms with E-state index in [-0.39, 0.29) is 12.0 Å². The molecule has 0 radical (unpaired) electrons. The lowest BCUT2D eigenvalue weighted by molar-refractivity contribution is 0.0520. The van der Waals surface area contributed by atoms with E-state index in [0.29, 0.717) is 23.1 Å². The first-order chi connectivity index (χ1) is 10.7. The minimum absolute atomic E-state index is 0.0839. The van der Waals surface area contributed by atoms with E-state index in [9.17, 15) is 4.79 Å². The summed E-state index contributed by atoms with van der Waals surface area (Å²) in [6, 6.07) is 0.0839. The van der Waals surface area contributed by atoms with Crippen LogP contribution < -0.4 is 4.90 Å². The van der Waals surface area contributed by atoms with E-state index in [2.05, 4.69) is 19.9 Å². The lowest BCUT2D eigenvalue weighted by atomic mass is 10.2. The third kappa shape index (κ3) is 2.91. The quantitative estimate of drug-likeness (QED) is 0.798. The zero-order valence-electron chi connectivity index (χ0n) is 12.0. The summed E-state index contributed by atoms with van der Waals surface area (Å²) in [5, 5.41) is 3.15. The van der Waals surface area contributed by atoms with Crippen molar-refractivity contribution in [2.45, 2.75) is 25.8 Å². The first-order valence-corrected chi connectivity index (χ1v) is 8.31. The summed E-state index contributed by atoms with van der Waals surface area (Å²) >= 11 is 7.66. The highest BCUT2D eigenvalue weighted by molar-refractivity contribution is 7.10. The SMILES string of the molecule is CCOC(=O)c1csc(C2CCCN2c2ncncc2Cl)n1. The highest BCUT2D eigenvalue weighted by atomic mass is 35.5. The summed E-state index contributed by atoms with van der Waals surface area (Å²) in [6.07, 6.45) is 5.06. The van der Waals surface area contributed by atoms with E-state index in [1.807, 2.05) is 0 Å². The molecule has 22 heavy (non-hydrogen) atoms. The number of nitrogens with zero attached hydrogens (tertiary/aromatic N) is 4. The Kier molecular flexibility index (Phi) is 4.54. The van der Waals surface area contributed by atoms with Crippen LogP contribution in [-0.4, -0.2) is 34.1 Å². The topological polar surface area (TPSA) is 68.2 Å². The Bertz CT molecular complexity index is 678. The van der Waals surface area contributed by atoms with E-state index in [4.69, 9.17) is 16.3 Å². The molecule has 0 spiro atoms. The van der Waals surface area contributed by atoms with Crippen molar-refractivity contribution in [3.8, 4) is 0 Å². The summed E-state index contributed by atoms with van der Waals surface area (Å²) < 4.78 is 4.98. The van der Waals surface area contributed by atoms with Gasteiger partial charge in [0.1, 0.15) is 16.4 Å². The van der Waals surface area contributed by atoms with Crippen LogP contribution in [0.4, 0.5) is 5.82 Å². The van der Waals surface area contributed by atoms with Crippen molar-refractivity contribution in [1.82, 2.24) is 15.0 Å². The molecule has 6 nitrogen and oxygen atoms in total. The molecule has 2 aromatic rings. The van der Waals surface area contributed by atoms with Gasteiger partial charge in [0, 0.05) is 11.9 Å². The van der Waals surface area contributed by atoms with Crippen molar-refractivity contribution in [1.29, 1.82) is 0 Å². The summed E-state index contributed by atoms with van der Waals surface area (Å²) in [4.78, 5) is 26.5. The largest absolute Gasteiger partial charge is 0.461 e. The number of esters is 1. The predicted molar refractivity (Wildman–Crippen MR) is 84.4 cm³/mol. The molecular formula is C14H15ClN4O2S. The third-order valence-corrected chi connectivity index (χ3v) is 4.68. The number of hydrogen-bond donors (Lipinski definition) is 0. The van der Waals surface area contributed by atoms with Gasteiger partial charge in [-0.15, -0.1) is 11.3 Å². The second kappa shape index (κ2) is 6.58. The normalized spacial score (nSPS) is 17.7. The fraction of sp³-hybridized carbons (Fsp3) is 0.429. The van der Waals surface area contributed by atoms with Crippen molar-refractivity contribution in [2.24, 2.45) is 0 Å². The van der Waals surface area contributed by atoms with Gasteiger partial charge in [0.05, 0.1) is 18.8 Å². The molecule has 3 rings (SSSR count). The first kappa shape index (κ1) is 15.2. The Balaban J connectivity index is 1.85. The van der Waals surface area contributed by atoms with Gasteiger partial charge in [-0.2, -0.15) is 0 Å². The van der Waals surface area contributed by atoms with E-state index >= 15 is 0 Å². The number of anilines is 1. The van der Waals surface area contributed by atoms with Crippen LogP contribution in [-0.2, 0) is 4.74 Å². The van der Waals surface area contributed by atoms with Crippen LogP contribution in [0.15, 0.2) is 17.9 Å². The van der Waals surface area contributed by atoms with Crippen molar-refractivity contribution >= 4 is 34.7 Å². The number of rotatable bonds is 4. The molecule has 0 N–H and O–H groups in total. The molecule has 2 aromatic heterocycles. The Morgan fingerprint density at radius 1 is 1.59 bits per heavy atom. The number of aromatic nitrogens is 3. The van der Waals surface area contributed by atoms with Crippen LogP contribution in [0.25, 0.3) is 0 Å². The second-order valence-corrected chi connectivity index (χ2v) is 6.13. The van der Waals surface area contributed by atoms with Gasteiger partial charge >= 0.3 is 5.97 Å². The number of ether oxygens (including phenoxy) is 1. The number of hydrogen-bond acceptors (Lipinski definition) is 7. The van der Waals surface area contributed by atoms with Crippen LogP contribution in [0.3, 0.4) is 0 Å². The highest BCUT2D eigenvalue weighted by Crippen LogP contribution is 2.38. The van der Waals surface area contributed by atoms with Crippen LogP contribution in [0, 0.1) is 0 Å². The average molecular weight is 339 g/mol. The standard InChI is InChI=1S/C14H15ClN4O2S/c1-2-21-14(20)10-7-22-13(18-10)11-4-3-5-19(11)12-9(15)6-16-8-17-12/h6-8,11H,2-5H2,1H3. The predicted octanol–water partition coefficient (Wildman–Crippen LogP) is 3.10. The monoisotopic (exact) mass is 338 g/mol. The molecule has 0 amide bonds. The lowest BCUT2D eigenvalue weighted by Gasteiger charge is -2.24. The molecule has 0 aromatic carbocycles. The van der Waals surface area contributed by atoms with Crippen LogP contribution in [0.2, 0.25) is 5.02 Å². The number of carbonyl (C=O) groups excluding carboxylic acids is 1. The second-order valence-electron chi connectivity index (χ2n) is 4.84. The van der Waals surface area contributed by atoms with Crippen LogP contribution >= 0.6 is 22.9 Å². The zero-order chi connectivity index (χ0) is 15.5. The van der Waals surface area contributed by atoms with Gasteiger partial charge in [-0.1, -0.05) is 11.6 Å². The van der Waals surface area contributed by atoms with Crippen molar-refractivity contribution in [2.75, 3.05) is 18.1 Å². The molecule has 0 bridgehead atoms. The molecule has 1 unspecified atom stereocenters. The maximum absolute atomic E-state index is 11.7. The Morgan fingerprint density at radius 3 is 3.23 bits per heavy atom. The van der Waals surface area contributed by atoms with E-state index in [0.717, 1.165) is 24.4 Å². The molecule has 1 aliphatic rings. The fourth-order valence-corrected chi connectivity index (χ4v) is 3.68. The van der Waals surface area contributed by atoms with E-state index < -0.39 is 0 Å². The van der Waals surface area contributed by atoms with Gasteiger partial charge in [-0.25, -0.2) is 19.7 Å². The smallest absolute Gasteiger partial charge is 0.357 e. The number of halogens is 1. The molecule has 3 heterocycles. The molecule has 1 saturated heterocycles. The average Bonchev–Trinajstić information content (AvgIpc) is 3.17. The molecule has 0 saturated carbocycles. The fourth-order valence-electron chi connectivity index (χ4n) is 2.53. The van der Waals surface area contributed by atoms with E-state index in [1.54, 1.807) is 18.5 Å². The van der Waals surface area contributed by atoms with Gasteiger partial charge in [-0.3, -0.25) is 0 Å². The molecule has 8 heteroatoms. The maximum atomic E-state index is 11.7. The molecule has 116 valence electrons. The summed E-state index contributed by atoms with van der Waals surface area (Å²) in [7, 11) is 0. The molecule has 1 aliphatic heterocycles. The highest BCUT2D eigenvalue weighted by Gasteiger charge is 2.31. The number of thiazole rings is 1. The van der Waals surface area contributed by atoms with Crippen LogP contribution in [0.5, 0.6) is 0 Å². The van der Waals surface area contributed by atoms with Gasteiger partial charge in [-0.05, 0) is 19.8 Å². The van der Waals surface area contributed by atoms with Gasteiger partial charge < -0.3 is 9.64 Å². The minimum atomic E-state index is -0.380. The molecular weight excluding hydrogens is 324 g/mol. The Morgan fingerprint density at radius 2 is 2.45 bits per heavy atom. The van der Waals surface area contributed by atoms with Gasteiger partial charge in [0.15, 0.2) is 11.5 Å². The Labute approximate surface area is 137 Å². The van der Waals surface area contributed by atoms with Gasteiger partial charge in [0.2, 0.25) is 0 Å². The van der Waals surface area contributed by atoms with E-state index in [1.165, 1.54) is 17.7 Å². The lowest BCUT2D eigenvalue weighted by Crippen LogP contribution is -2.24. The zero-order valence-corrected chi connectivity index (χ0v) is 13.6. The summed E-state index contributed by atoms with van der Waals surface area (Å²) in [5.74, 6) is 0.335. The van der Waals surface area contributed by atoms with Gasteiger partial charge in [0.25, 0.3) is 0 Å². The summed E-state index contributed by atoms with van der Waals surface area (Å²) in [6.45, 7) is 2.98. The number of carbonyl (C=O) groups is 1. The van der Waals surface area contributed by atoms with Crippen LogP contribution in [0.1, 0.15) is 41.3 Å². The summed E-state index contributed by atoms with van der Waals surface area (Å²) in [5.41, 5.74) is 0.363. The molecule has 0 aliphatic carbocycles. The van der Waals surface area contributed by atoms with Crippen molar-refractivity contribution < 1.29 is 9.53 Å². The van der Waals surface area contributed by atoms with Crippen molar-refractivity contribution in [3.05, 3.63) is 33.6 Å². The minimum Gasteiger partial charge on any atom is -0.461 e. The maximum Gasteiger partial charge on any atom is 0.357 e. The first-order valence-electron chi connectivity index (χ1n) is 7.05. The molecule has 1 fully saturated rings. The third-order valence-electron chi connectivity index (χ3n) is 3.46.